The second kappa shape index (κ2) is 11.0. The number of benzene rings is 2. The third-order valence-corrected chi connectivity index (χ3v) is 8.05. The number of hydrogen-bond acceptors (Lipinski definition) is 8. The summed E-state index contributed by atoms with van der Waals surface area (Å²) in [4.78, 5) is 21.7. The summed E-state index contributed by atoms with van der Waals surface area (Å²) in [5.41, 5.74) is 0.652. The average Bonchev–Trinajstić information content (AvgIpc) is 3.25. The minimum atomic E-state index is -3.84. The Morgan fingerprint density at radius 3 is 2.30 bits per heavy atom. The van der Waals surface area contributed by atoms with Gasteiger partial charge in [-0.05, 0) is 49.5 Å². The van der Waals surface area contributed by atoms with E-state index in [1.54, 1.807) is 19.2 Å². The highest BCUT2D eigenvalue weighted by Gasteiger charge is 2.27. The zero-order valence-corrected chi connectivity index (χ0v) is 20.9. The molecule has 2 aromatic carbocycles. The third-order valence-electron chi connectivity index (χ3n) is 5.39. The molecule has 33 heavy (non-hydrogen) atoms. The lowest BCUT2D eigenvalue weighted by molar-refractivity contribution is -0.116. The Bertz CT molecular complexity index is 1190. The number of para-hydroxylation sites is 1. The fourth-order valence-electron chi connectivity index (χ4n) is 3.41. The lowest BCUT2D eigenvalue weighted by atomic mass is 10.3. The van der Waals surface area contributed by atoms with E-state index in [0.29, 0.717) is 35.2 Å². The lowest BCUT2D eigenvalue weighted by Crippen LogP contribution is -2.41. The van der Waals surface area contributed by atoms with Gasteiger partial charge in [-0.3, -0.25) is 9.69 Å². The van der Waals surface area contributed by atoms with E-state index in [2.05, 4.69) is 9.88 Å². The molecule has 0 spiro atoms. The van der Waals surface area contributed by atoms with Crippen LogP contribution >= 0.6 is 11.3 Å². The van der Waals surface area contributed by atoms with E-state index >= 15 is 0 Å². The molecule has 0 aliphatic rings. The average molecular weight is 492 g/mol. The zero-order chi connectivity index (χ0) is 24.0. The number of nitrogens with zero attached hydrogens (tertiary/aromatic N) is 3. The first-order valence-electron chi connectivity index (χ1n) is 10.7. The van der Waals surface area contributed by atoms with Crippen LogP contribution in [0.25, 0.3) is 10.2 Å². The molecular weight excluding hydrogens is 462 g/mol. The molecule has 0 saturated heterocycles. The number of anilines is 1. The molecule has 0 bridgehead atoms. The molecule has 1 heterocycles. The highest BCUT2D eigenvalue weighted by Crippen LogP contribution is 2.34. The molecule has 3 rings (SSSR count). The van der Waals surface area contributed by atoms with Gasteiger partial charge in [-0.1, -0.05) is 31.3 Å². The molecule has 0 saturated carbocycles. The summed E-state index contributed by atoms with van der Waals surface area (Å²) in [5, 5.41) is 0.455. The van der Waals surface area contributed by atoms with Gasteiger partial charge in [0.2, 0.25) is 5.91 Å². The van der Waals surface area contributed by atoms with E-state index in [9.17, 15) is 13.2 Å². The van der Waals surface area contributed by atoms with Gasteiger partial charge in [-0.2, -0.15) is 0 Å². The molecule has 0 unspecified atom stereocenters. The molecule has 8 nitrogen and oxygen atoms in total. The van der Waals surface area contributed by atoms with Crippen LogP contribution in [0.5, 0.6) is 11.5 Å². The number of amides is 1. The largest absolute Gasteiger partial charge is 0.497 e. The number of aromatic nitrogens is 1. The molecule has 10 heteroatoms. The monoisotopic (exact) mass is 491 g/mol. The van der Waals surface area contributed by atoms with Gasteiger partial charge in [0.25, 0.3) is 0 Å². The Morgan fingerprint density at radius 2 is 1.70 bits per heavy atom. The van der Waals surface area contributed by atoms with Crippen LogP contribution in [-0.2, 0) is 14.6 Å². The van der Waals surface area contributed by atoms with Crippen molar-refractivity contribution in [3.05, 3.63) is 42.5 Å². The van der Waals surface area contributed by atoms with Crippen molar-refractivity contribution in [2.45, 2.75) is 18.7 Å². The van der Waals surface area contributed by atoms with Crippen LogP contribution < -0.4 is 14.4 Å². The standard InChI is InChI=1S/C23H29N3O5S2/c1-5-25(6-2)14-15-26(23-24-22-19(31-4)8-7-9-20(22)32-23)21(27)16-33(28,29)18-12-10-17(30-3)11-13-18/h7-13H,5-6,14-16H2,1-4H3. The first-order chi connectivity index (χ1) is 15.8. The van der Waals surface area contributed by atoms with Crippen LogP contribution in [-0.4, -0.2) is 70.4 Å². The molecule has 1 aromatic heterocycles. The predicted octanol–water partition coefficient (Wildman–Crippen LogP) is 3.46. The zero-order valence-electron chi connectivity index (χ0n) is 19.3. The maximum atomic E-state index is 13.3. The minimum absolute atomic E-state index is 0.0753. The summed E-state index contributed by atoms with van der Waals surface area (Å²) >= 11 is 1.34. The summed E-state index contributed by atoms with van der Waals surface area (Å²) in [6, 6.07) is 11.6. The predicted molar refractivity (Wildman–Crippen MR) is 131 cm³/mol. The van der Waals surface area contributed by atoms with Crippen LogP contribution in [0.1, 0.15) is 13.8 Å². The van der Waals surface area contributed by atoms with Gasteiger partial charge >= 0.3 is 0 Å². The summed E-state index contributed by atoms with van der Waals surface area (Å²) in [6.45, 7) is 6.69. The molecule has 0 radical (unpaired) electrons. The van der Waals surface area contributed by atoms with Gasteiger partial charge in [0.05, 0.1) is 23.8 Å². The maximum Gasteiger partial charge on any atom is 0.244 e. The number of carbonyl (C=O) groups is 1. The number of ether oxygens (including phenoxy) is 2. The van der Waals surface area contributed by atoms with Crippen molar-refractivity contribution < 1.29 is 22.7 Å². The van der Waals surface area contributed by atoms with Crippen molar-refractivity contribution in [1.29, 1.82) is 0 Å². The second-order valence-electron chi connectivity index (χ2n) is 7.31. The van der Waals surface area contributed by atoms with Crippen molar-refractivity contribution >= 4 is 42.4 Å². The van der Waals surface area contributed by atoms with Crippen molar-refractivity contribution in [2.24, 2.45) is 0 Å². The summed E-state index contributed by atoms with van der Waals surface area (Å²) in [5.74, 6) is -0.0116. The van der Waals surface area contributed by atoms with Crippen molar-refractivity contribution in [3.8, 4) is 11.5 Å². The molecular formula is C23H29N3O5S2. The van der Waals surface area contributed by atoms with Crippen LogP contribution in [0.15, 0.2) is 47.4 Å². The van der Waals surface area contributed by atoms with Gasteiger partial charge in [0, 0.05) is 13.1 Å². The van der Waals surface area contributed by atoms with Crippen LogP contribution in [0.4, 0.5) is 5.13 Å². The molecule has 0 fully saturated rings. The van der Waals surface area contributed by atoms with Crippen molar-refractivity contribution in [2.75, 3.05) is 51.1 Å². The third kappa shape index (κ3) is 5.82. The maximum absolute atomic E-state index is 13.3. The summed E-state index contributed by atoms with van der Waals surface area (Å²) in [6.07, 6.45) is 0. The Hall–Kier alpha value is -2.69. The number of hydrogen-bond donors (Lipinski definition) is 0. The fourth-order valence-corrected chi connectivity index (χ4v) is 5.63. The van der Waals surface area contributed by atoms with E-state index < -0.39 is 21.5 Å². The molecule has 0 atom stereocenters. The first-order valence-corrected chi connectivity index (χ1v) is 13.1. The molecule has 0 N–H and O–H groups in total. The number of likely N-dealkylation sites (N-methyl/N-ethyl adjacent to an activating group) is 1. The van der Waals surface area contributed by atoms with Crippen molar-refractivity contribution in [1.82, 2.24) is 9.88 Å². The van der Waals surface area contributed by atoms with Gasteiger partial charge in [-0.25, -0.2) is 13.4 Å². The number of thiazole rings is 1. The van der Waals surface area contributed by atoms with E-state index in [-0.39, 0.29) is 4.90 Å². The smallest absolute Gasteiger partial charge is 0.244 e. The van der Waals surface area contributed by atoms with Crippen LogP contribution in [0.2, 0.25) is 0 Å². The van der Waals surface area contributed by atoms with Crippen LogP contribution in [0, 0.1) is 0 Å². The van der Waals surface area contributed by atoms with Gasteiger partial charge in [-0.15, -0.1) is 0 Å². The summed E-state index contributed by atoms with van der Waals surface area (Å²) < 4.78 is 37.3. The van der Waals surface area contributed by atoms with Gasteiger partial charge < -0.3 is 14.4 Å². The summed E-state index contributed by atoms with van der Waals surface area (Å²) in [7, 11) is -0.763. The number of methoxy groups -OCH3 is 2. The Kier molecular flexibility index (Phi) is 8.28. The Morgan fingerprint density at radius 1 is 1.00 bits per heavy atom. The normalized spacial score (nSPS) is 11.7. The number of rotatable bonds is 11. The molecule has 1 amide bonds. The quantitative estimate of drug-likeness (QED) is 0.406. The second-order valence-corrected chi connectivity index (χ2v) is 10.3. The number of fused-ring (bicyclic) bond motifs is 1. The number of carbonyl (C=O) groups excluding carboxylic acids is 1. The highest BCUT2D eigenvalue weighted by atomic mass is 32.2. The van der Waals surface area contributed by atoms with E-state index in [1.807, 2.05) is 32.0 Å². The van der Waals surface area contributed by atoms with E-state index in [0.717, 1.165) is 17.8 Å². The molecule has 0 aliphatic heterocycles. The Balaban J connectivity index is 1.92. The lowest BCUT2D eigenvalue weighted by Gasteiger charge is -2.24. The van der Waals surface area contributed by atoms with Crippen LogP contribution in [0.3, 0.4) is 0 Å². The minimum Gasteiger partial charge on any atom is -0.497 e. The van der Waals surface area contributed by atoms with Gasteiger partial charge in [0.15, 0.2) is 15.0 Å². The molecule has 178 valence electrons. The topological polar surface area (TPSA) is 89.0 Å². The fraction of sp³-hybridized carbons (Fsp3) is 0.391. The van der Waals surface area contributed by atoms with Crippen molar-refractivity contribution in [3.63, 3.8) is 0 Å². The Labute approximate surface area is 198 Å². The SMILES string of the molecule is CCN(CC)CCN(C(=O)CS(=O)(=O)c1ccc(OC)cc1)c1nc2c(OC)cccc2s1. The number of sulfone groups is 1. The van der Waals surface area contributed by atoms with E-state index in [1.165, 1.54) is 35.5 Å². The molecule has 3 aromatic rings. The van der Waals surface area contributed by atoms with E-state index in [4.69, 9.17) is 9.47 Å². The first kappa shape index (κ1) is 24.9. The highest BCUT2D eigenvalue weighted by molar-refractivity contribution is 7.92. The van der Waals surface area contributed by atoms with Gasteiger partial charge in [0.1, 0.15) is 22.8 Å². The molecule has 0 aliphatic carbocycles.